The highest BCUT2D eigenvalue weighted by Crippen LogP contribution is 2.31. The highest BCUT2D eigenvalue weighted by Gasteiger charge is 2.35. The van der Waals surface area contributed by atoms with Gasteiger partial charge >= 0.3 is 0 Å². The number of nitrogens with two attached hydrogens (primary N) is 2. The molecule has 1 aromatic heterocycles. The number of aromatic nitrogens is 3. The van der Waals surface area contributed by atoms with Crippen molar-refractivity contribution in [3.05, 3.63) is 66.2 Å². The molecule has 0 aliphatic carbocycles. The molecule has 1 aliphatic rings. The molecule has 2 aromatic carbocycles. The van der Waals surface area contributed by atoms with E-state index < -0.39 is 5.66 Å². The van der Waals surface area contributed by atoms with Crippen LogP contribution in [0.3, 0.4) is 0 Å². The smallest absolute Gasteiger partial charge is 0.221 e. The SMILES string of the molecule is NC1=NC(CSc2n[nH]c(-c3ccccc3)n2)(c2ccccc2)NC(N)=N1. The summed E-state index contributed by atoms with van der Waals surface area (Å²) in [6.45, 7) is 0. The number of hydrogen-bond donors (Lipinski definition) is 4. The van der Waals surface area contributed by atoms with Gasteiger partial charge in [0.2, 0.25) is 11.1 Å². The molecule has 1 atom stereocenters. The molecule has 1 aliphatic heterocycles. The van der Waals surface area contributed by atoms with Gasteiger partial charge in [-0.2, -0.15) is 4.99 Å². The molecule has 0 saturated heterocycles. The molecule has 0 fully saturated rings. The average molecular weight is 378 g/mol. The van der Waals surface area contributed by atoms with Gasteiger partial charge in [-0.15, -0.1) is 5.10 Å². The highest BCUT2D eigenvalue weighted by molar-refractivity contribution is 7.99. The summed E-state index contributed by atoms with van der Waals surface area (Å²) in [7, 11) is 0. The third-order valence-electron chi connectivity index (χ3n) is 4.05. The number of rotatable bonds is 5. The summed E-state index contributed by atoms with van der Waals surface area (Å²) in [4.78, 5) is 13.1. The van der Waals surface area contributed by atoms with Gasteiger partial charge in [-0.05, 0) is 0 Å². The Kier molecular flexibility index (Phi) is 4.51. The van der Waals surface area contributed by atoms with E-state index in [0.29, 0.717) is 16.7 Å². The van der Waals surface area contributed by atoms with Gasteiger partial charge in [0.1, 0.15) is 0 Å². The Balaban J connectivity index is 1.59. The summed E-state index contributed by atoms with van der Waals surface area (Å²) in [5, 5.41) is 11.0. The number of nitrogens with zero attached hydrogens (tertiary/aromatic N) is 4. The molecule has 0 amide bonds. The summed E-state index contributed by atoms with van der Waals surface area (Å²) in [5.74, 6) is 1.56. The monoisotopic (exact) mass is 378 g/mol. The summed E-state index contributed by atoms with van der Waals surface area (Å²) >= 11 is 1.45. The van der Waals surface area contributed by atoms with Gasteiger partial charge in [-0.1, -0.05) is 72.4 Å². The molecule has 6 N–H and O–H groups in total. The number of hydrogen-bond acceptors (Lipinski definition) is 8. The molecule has 0 spiro atoms. The van der Waals surface area contributed by atoms with Gasteiger partial charge in [-0.25, -0.2) is 9.98 Å². The topological polar surface area (TPSA) is 130 Å². The quantitative estimate of drug-likeness (QED) is 0.499. The van der Waals surface area contributed by atoms with Crippen LogP contribution in [0.1, 0.15) is 5.56 Å². The number of benzene rings is 2. The van der Waals surface area contributed by atoms with Gasteiger partial charge in [0, 0.05) is 16.9 Å². The molecular formula is C18H18N8S. The van der Waals surface area contributed by atoms with Crippen molar-refractivity contribution in [3.8, 4) is 11.4 Å². The summed E-state index contributed by atoms with van der Waals surface area (Å²) in [6, 6.07) is 19.6. The van der Waals surface area contributed by atoms with Crippen LogP contribution in [-0.4, -0.2) is 32.9 Å². The fourth-order valence-electron chi connectivity index (χ4n) is 2.82. The number of aromatic amines is 1. The summed E-state index contributed by atoms with van der Waals surface area (Å²) in [6.07, 6.45) is 0. The lowest BCUT2D eigenvalue weighted by molar-refractivity contribution is 0.460. The van der Waals surface area contributed by atoms with Crippen LogP contribution in [0.2, 0.25) is 0 Å². The van der Waals surface area contributed by atoms with Gasteiger partial charge in [-0.3, -0.25) is 5.10 Å². The van der Waals surface area contributed by atoms with Crippen molar-refractivity contribution >= 4 is 23.7 Å². The Morgan fingerprint density at radius 2 is 1.67 bits per heavy atom. The lowest BCUT2D eigenvalue weighted by Crippen LogP contribution is -2.53. The fraction of sp³-hybridized carbons (Fsp3) is 0.111. The zero-order valence-corrected chi connectivity index (χ0v) is 15.1. The number of nitrogens with one attached hydrogen (secondary N) is 2. The first kappa shape index (κ1) is 17.1. The average Bonchev–Trinajstić information content (AvgIpc) is 3.16. The molecule has 136 valence electrons. The Bertz CT molecular complexity index is 983. The first-order chi connectivity index (χ1) is 13.1. The van der Waals surface area contributed by atoms with E-state index in [-0.39, 0.29) is 11.9 Å². The fourth-order valence-corrected chi connectivity index (χ4v) is 3.73. The predicted molar refractivity (Wildman–Crippen MR) is 107 cm³/mol. The van der Waals surface area contributed by atoms with Crippen LogP contribution < -0.4 is 16.8 Å². The lowest BCUT2D eigenvalue weighted by Gasteiger charge is -2.33. The van der Waals surface area contributed by atoms with E-state index in [1.165, 1.54) is 11.8 Å². The minimum absolute atomic E-state index is 0.135. The van der Waals surface area contributed by atoms with Crippen LogP contribution in [0, 0.1) is 0 Å². The first-order valence-corrected chi connectivity index (χ1v) is 9.27. The number of thioether (sulfide) groups is 1. The molecule has 0 radical (unpaired) electrons. The first-order valence-electron chi connectivity index (χ1n) is 8.28. The summed E-state index contributed by atoms with van der Waals surface area (Å²) in [5.41, 5.74) is 12.9. The van der Waals surface area contributed by atoms with Crippen LogP contribution in [0.15, 0.2) is 75.8 Å². The third-order valence-corrected chi connectivity index (χ3v) is 5.05. The van der Waals surface area contributed by atoms with Crippen LogP contribution in [-0.2, 0) is 5.66 Å². The van der Waals surface area contributed by atoms with Crippen LogP contribution in [0.25, 0.3) is 11.4 Å². The molecule has 4 rings (SSSR count). The Hall–Kier alpha value is -3.33. The zero-order chi connectivity index (χ0) is 18.7. The van der Waals surface area contributed by atoms with Crippen LogP contribution in [0.5, 0.6) is 0 Å². The number of guanidine groups is 2. The van der Waals surface area contributed by atoms with E-state index >= 15 is 0 Å². The Labute approximate surface area is 160 Å². The molecule has 27 heavy (non-hydrogen) atoms. The molecule has 0 saturated carbocycles. The van der Waals surface area contributed by atoms with Gasteiger partial charge < -0.3 is 16.8 Å². The van der Waals surface area contributed by atoms with Crippen molar-refractivity contribution in [1.29, 1.82) is 0 Å². The standard InChI is InChI=1S/C18H18N8S/c19-15-22-16(20)24-18(23-15,13-9-5-2-6-10-13)11-27-17-21-14(25-26-17)12-7-3-1-4-8-12/h1-10H,11H2,(H,21,25,26)(H5,19,20,22,23,24). The van der Waals surface area contributed by atoms with Crippen LogP contribution in [0.4, 0.5) is 0 Å². The zero-order valence-electron chi connectivity index (χ0n) is 14.3. The predicted octanol–water partition coefficient (Wildman–Crippen LogP) is 1.65. The molecule has 1 unspecified atom stereocenters. The van der Waals surface area contributed by atoms with E-state index in [9.17, 15) is 0 Å². The molecule has 0 bridgehead atoms. The van der Waals surface area contributed by atoms with Crippen molar-refractivity contribution in [3.63, 3.8) is 0 Å². The van der Waals surface area contributed by atoms with Crippen LogP contribution >= 0.6 is 11.8 Å². The second kappa shape index (κ2) is 7.12. The van der Waals surface area contributed by atoms with Gasteiger partial charge in [0.15, 0.2) is 17.4 Å². The van der Waals surface area contributed by atoms with Crippen molar-refractivity contribution in [2.75, 3.05) is 5.75 Å². The number of aliphatic imine (C=N–C) groups is 2. The third kappa shape index (κ3) is 3.63. The van der Waals surface area contributed by atoms with Gasteiger partial charge in [0.05, 0.1) is 0 Å². The van der Waals surface area contributed by atoms with Crippen molar-refractivity contribution in [2.45, 2.75) is 10.8 Å². The van der Waals surface area contributed by atoms with E-state index in [4.69, 9.17) is 11.5 Å². The second-order valence-electron chi connectivity index (χ2n) is 5.94. The lowest BCUT2D eigenvalue weighted by atomic mass is 10.0. The van der Waals surface area contributed by atoms with Crippen molar-refractivity contribution in [2.24, 2.45) is 21.5 Å². The molecular weight excluding hydrogens is 360 g/mol. The Morgan fingerprint density at radius 1 is 0.963 bits per heavy atom. The van der Waals surface area contributed by atoms with Crippen molar-refractivity contribution < 1.29 is 0 Å². The highest BCUT2D eigenvalue weighted by atomic mass is 32.2. The maximum Gasteiger partial charge on any atom is 0.221 e. The summed E-state index contributed by atoms with van der Waals surface area (Å²) < 4.78 is 0. The van der Waals surface area contributed by atoms with E-state index in [2.05, 4.69) is 30.5 Å². The minimum atomic E-state index is -0.838. The maximum absolute atomic E-state index is 5.92. The normalized spacial score (nSPS) is 19.1. The van der Waals surface area contributed by atoms with E-state index in [0.717, 1.165) is 11.1 Å². The minimum Gasteiger partial charge on any atom is -0.370 e. The largest absolute Gasteiger partial charge is 0.370 e. The molecule has 3 aromatic rings. The van der Waals surface area contributed by atoms with E-state index in [1.54, 1.807) is 0 Å². The Morgan fingerprint density at radius 3 is 2.37 bits per heavy atom. The van der Waals surface area contributed by atoms with E-state index in [1.807, 2.05) is 60.7 Å². The van der Waals surface area contributed by atoms with Crippen molar-refractivity contribution in [1.82, 2.24) is 20.5 Å². The molecule has 2 heterocycles. The molecule has 8 nitrogen and oxygen atoms in total. The molecule has 9 heteroatoms. The maximum atomic E-state index is 5.92. The van der Waals surface area contributed by atoms with Gasteiger partial charge in [0.25, 0.3) is 0 Å². The number of H-pyrrole nitrogens is 1. The second-order valence-corrected chi connectivity index (χ2v) is 6.88.